The van der Waals surface area contributed by atoms with E-state index in [0.29, 0.717) is 44.3 Å². The molecular weight excluding hydrogens is 324 g/mol. The number of unbranched alkanes of at least 4 members (excludes halogenated alkanes) is 1. The Balaban J connectivity index is 1.74. The summed E-state index contributed by atoms with van der Waals surface area (Å²) in [5.41, 5.74) is 0. The quantitative estimate of drug-likeness (QED) is 0.705. The summed E-state index contributed by atoms with van der Waals surface area (Å²) < 4.78 is 16.0. The number of amides is 2. The zero-order valence-corrected chi connectivity index (χ0v) is 14.9. The van der Waals surface area contributed by atoms with Gasteiger partial charge in [0.25, 0.3) is 5.91 Å². The number of para-hydroxylation sites is 2. The van der Waals surface area contributed by atoms with Crippen molar-refractivity contribution in [2.75, 3.05) is 46.5 Å². The molecular formula is C18H26N2O5. The van der Waals surface area contributed by atoms with E-state index in [1.54, 1.807) is 29.0 Å². The number of hydrogen-bond donors (Lipinski definition) is 0. The molecule has 1 heterocycles. The second-order valence-corrected chi connectivity index (χ2v) is 5.78. The van der Waals surface area contributed by atoms with Crippen molar-refractivity contribution in [1.82, 2.24) is 9.80 Å². The van der Waals surface area contributed by atoms with E-state index in [2.05, 4.69) is 0 Å². The van der Waals surface area contributed by atoms with E-state index in [-0.39, 0.29) is 18.6 Å². The number of methoxy groups -OCH3 is 1. The molecule has 1 aliphatic rings. The van der Waals surface area contributed by atoms with Crippen molar-refractivity contribution >= 4 is 12.0 Å². The Kier molecular flexibility index (Phi) is 7.37. The standard InChI is InChI=1S/C18H26N2O5/c1-3-4-13-24-18(22)20-11-9-19(10-12-20)17(21)14-25-16-8-6-5-7-15(16)23-2/h5-8H,3-4,9-14H2,1-2H3. The number of rotatable bonds is 7. The largest absolute Gasteiger partial charge is 0.493 e. The molecule has 0 unspecified atom stereocenters. The van der Waals surface area contributed by atoms with Crippen molar-refractivity contribution < 1.29 is 23.8 Å². The highest BCUT2D eigenvalue weighted by molar-refractivity contribution is 5.78. The summed E-state index contributed by atoms with van der Waals surface area (Å²) in [6.45, 7) is 4.36. The molecule has 7 nitrogen and oxygen atoms in total. The van der Waals surface area contributed by atoms with Crippen LogP contribution in [-0.4, -0.2) is 68.3 Å². The van der Waals surface area contributed by atoms with E-state index in [4.69, 9.17) is 14.2 Å². The predicted octanol–water partition coefficient (Wildman–Crippen LogP) is 2.15. The van der Waals surface area contributed by atoms with Crippen molar-refractivity contribution in [3.05, 3.63) is 24.3 Å². The topological polar surface area (TPSA) is 68.3 Å². The Morgan fingerprint density at radius 1 is 1.04 bits per heavy atom. The van der Waals surface area contributed by atoms with Gasteiger partial charge in [-0.15, -0.1) is 0 Å². The molecule has 2 amide bonds. The number of carbonyl (C=O) groups is 2. The molecule has 0 saturated carbocycles. The van der Waals surface area contributed by atoms with Gasteiger partial charge in [-0.25, -0.2) is 4.79 Å². The van der Waals surface area contributed by atoms with Crippen molar-refractivity contribution in [1.29, 1.82) is 0 Å². The fourth-order valence-electron chi connectivity index (χ4n) is 2.50. The molecule has 2 rings (SSSR count). The van der Waals surface area contributed by atoms with Gasteiger partial charge in [-0.05, 0) is 18.6 Å². The van der Waals surface area contributed by atoms with Gasteiger partial charge >= 0.3 is 6.09 Å². The van der Waals surface area contributed by atoms with Crippen molar-refractivity contribution in [2.45, 2.75) is 19.8 Å². The summed E-state index contributed by atoms with van der Waals surface area (Å²) in [5, 5.41) is 0. The fourth-order valence-corrected chi connectivity index (χ4v) is 2.50. The van der Waals surface area contributed by atoms with Gasteiger partial charge in [-0.1, -0.05) is 25.5 Å². The molecule has 0 N–H and O–H groups in total. The average Bonchev–Trinajstić information content (AvgIpc) is 2.66. The molecule has 0 radical (unpaired) electrons. The minimum absolute atomic E-state index is 0.0542. The summed E-state index contributed by atoms with van der Waals surface area (Å²) in [7, 11) is 1.56. The number of nitrogens with zero attached hydrogens (tertiary/aromatic N) is 2. The molecule has 0 spiro atoms. The van der Waals surface area contributed by atoms with E-state index in [9.17, 15) is 9.59 Å². The summed E-state index contributed by atoms with van der Waals surface area (Å²) >= 11 is 0. The molecule has 1 aliphatic heterocycles. The zero-order chi connectivity index (χ0) is 18.1. The fraction of sp³-hybridized carbons (Fsp3) is 0.556. The van der Waals surface area contributed by atoms with E-state index in [1.165, 1.54) is 0 Å². The van der Waals surface area contributed by atoms with Crippen LogP contribution in [0.25, 0.3) is 0 Å². The van der Waals surface area contributed by atoms with Gasteiger partial charge in [0.05, 0.1) is 13.7 Å². The molecule has 7 heteroatoms. The number of benzene rings is 1. The first-order valence-corrected chi connectivity index (χ1v) is 8.61. The minimum Gasteiger partial charge on any atom is -0.493 e. The predicted molar refractivity (Wildman–Crippen MR) is 92.9 cm³/mol. The molecule has 25 heavy (non-hydrogen) atoms. The van der Waals surface area contributed by atoms with Gasteiger partial charge in [0, 0.05) is 26.2 Å². The van der Waals surface area contributed by atoms with Crippen LogP contribution in [0.15, 0.2) is 24.3 Å². The highest BCUT2D eigenvalue weighted by atomic mass is 16.6. The number of ether oxygens (including phenoxy) is 3. The summed E-state index contributed by atoms with van der Waals surface area (Å²) in [6.07, 6.45) is 1.55. The lowest BCUT2D eigenvalue weighted by atomic mass is 10.3. The van der Waals surface area contributed by atoms with Gasteiger partial charge in [-0.3, -0.25) is 4.79 Å². The third kappa shape index (κ3) is 5.55. The van der Waals surface area contributed by atoms with E-state index < -0.39 is 0 Å². The molecule has 1 saturated heterocycles. The second-order valence-electron chi connectivity index (χ2n) is 5.78. The summed E-state index contributed by atoms with van der Waals surface area (Å²) in [6, 6.07) is 7.21. The monoisotopic (exact) mass is 350 g/mol. The minimum atomic E-state index is -0.300. The van der Waals surface area contributed by atoms with Gasteiger partial charge in [-0.2, -0.15) is 0 Å². The highest BCUT2D eigenvalue weighted by Crippen LogP contribution is 2.25. The molecule has 0 aromatic heterocycles. The van der Waals surface area contributed by atoms with E-state index in [1.807, 2.05) is 19.1 Å². The highest BCUT2D eigenvalue weighted by Gasteiger charge is 2.25. The Hall–Kier alpha value is -2.44. The van der Waals surface area contributed by atoms with Crippen LogP contribution in [0.1, 0.15) is 19.8 Å². The number of piperazine rings is 1. The molecule has 1 fully saturated rings. The van der Waals surface area contributed by atoms with Crippen LogP contribution in [0.2, 0.25) is 0 Å². The third-order valence-electron chi connectivity index (χ3n) is 4.03. The smallest absolute Gasteiger partial charge is 0.409 e. The zero-order valence-electron chi connectivity index (χ0n) is 14.9. The first-order chi connectivity index (χ1) is 12.2. The Morgan fingerprint density at radius 2 is 1.68 bits per heavy atom. The van der Waals surface area contributed by atoms with Crippen LogP contribution in [0.5, 0.6) is 11.5 Å². The maximum atomic E-state index is 12.3. The lowest BCUT2D eigenvalue weighted by Gasteiger charge is -2.34. The first-order valence-electron chi connectivity index (χ1n) is 8.61. The summed E-state index contributed by atoms with van der Waals surface area (Å²) in [5.74, 6) is 1.02. The molecule has 138 valence electrons. The third-order valence-corrected chi connectivity index (χ3v) is 4.03. The molecule has 0 bridgehead atoms. The van der Waals surface area contributed by atoms with E-state index >= 15 is 0 Å². The maximum Gasteiger partial charge on any atom is 0.409 e. The van der Waals surface area contributed by atoms with Gasteiger partial charge < -0.3 is 24.0 Å². The van der Waals surface area contributed by atoms with Crippen LogP contribution in [-0.2, 0) is 9.53 Å². The van der Waals surface area contributed by atoms with Crippen molar-refractivity contribution in [2.24, 2.45) is 0 Å². The first kappa shape index (κ1) is 18.9. The van der Waals surface area contributed by atoms with Crippen LogP contribution in [0.3, 0.4) is 0 Å². The van der Waals surface area contributed by atoms with Crippen LogP contribution in [0, 0.1) is 0 Å². The summed E-state index contributed by atoms with van der Waals surface area (Å²) in [4.78, 5) is 27.5. The van der Waals surface area contributed by atoms with Crippen LogP contribution < -0.4 is 9.47 Å². The normalized spacial score (nSPS) is 14.2. The second kappa shape index (κ2) is 9.76. The van der Waals surface area contributed by atoms with Gasteiger partial charge in [0.15, 0.2) is 18.1 Å². The van der Waals surface area contributed by atoms with Gasteiger partial charge in [0.1, 0.15) is 0 Å². The Labute approximate surface area is 148 Å². The molecule has 0 aliphatic carbocycles. The number of carbonyl (C=O) groups excluding carboxylic acids is 2. The van der Waals surface area contributed by atoms with Gasteiger partial charge in [0.2, 0.25) is 0 Å². The lowest BCUT2D eigenvalue weighted by Crippen LogP contribution is -2.51. The average molecular weight is 350 g/mol. The van der Waals surface area contributed by atoms with Crippen LogP contribution >= 0.6 is 0 Å². The Morgan fingerprint density at radius 3 is 2.32 bits per heavy atom. The van der Waals surface area contributed by atoms with Crippen molar-refractivity contribution in [3.63, 3.8) is 0 Å². The lowest BCUT2D eigenvalue weighted by molar-refractivity contribution is -0.135. The van der Waals surface area contributed by atoms with Crippen LogP contribution in [0.4, 0.5) is 4.79 Å². The van der Waals surface area contributed by atoms with E-state index in [0.717, 1.165) is 12.8 Å². The number of hydrogen-bond acceptors (Lipinski definition) is 5. The maximum absolute atomic E-state index is 12.3. The molecule has 0 atom stereocenters. The Bertz CT molecular complexity index is 570. The van der Waals surface area contributed by atoms with Crippen molar-refractivity contribution in [3.8, 4) is 11.5 Å². The molecule has 1 aromatic rings. The molecule has 1 aromatic carbocycles. The SMILES string of the molecule is CCCCOC(=O)N1CCN(C(=O)COc2ccccc2OC)CC1.